The molecule has 1 rings (SSSR count). The summed E-state index contributed by atoms with van der Waals surface area (Å²) in [6.45, 7) is 0. The molecular formula is C10H15NO2. The summed E-state index contributed by atoms with van der Waals surface area (Å²) in [5.74, 6) is -0.869. The van der Waals surface area contributed by atoms with Gasteiger partial charge in [0.05, 0.1) is 6.42 Å². The topological polar surface area (TPSA) is 63.3 Å². The van der Waals surface area contributed by atoms with E-state index in [2.05, 4.69) is 0 Å². The number of carboxylic acid groups (broad SMARTS) is 1. The molecule has 0 aliphatic rings. The maximum atomic E-state index is 10.3. The Hall–Kier alpha value is -1.35. The Bertz CT molecular complexity index is 259. The van der Waals surface area contributed by atoms with Crippen molar-refractivity contribution in [1.29, 1.82) is 0 Å². The van der Waals surface area contributed by atoms with Gasteiger partial charge in [0.2, 0.25) is 0 Å². The summed E-state index contributed by atoms with van der Waals surface area (Å²) < 4.78 is 0. The molecule has 3 nitrogen and oxygen atoms in total. The van der Waals surface area contributed by atoms with Crippen LogP contribution in [0.3, 0.4) is 0 Å². The molecule has 0 spiro atoms. The average Bonchev–Trinajstić information content (AvgIpc) is 2.05. The predicted molar refractivity (Wildman–Crippen MR) is 52.4 cm³/mol. The van der Waals surface area contributed by atoms with Crippen molar-refractivity contribution < 1.29 is 9.90 Å². The molecule has 13 heavy (non-hydrogen) atoms. The number of carboxylic acids is 1. The van der Waals surface area contributed by atoms with Crippen LogP contribution < -0.4 is 5.73 Å². The van der Waals surface area contributed by atoms with E-state index in [1.165, 1.54) is 0 Å². The first-order valence-corrected chi connectivity index (χ1v) is 3.72. The van der Waals surface area contributed by atoms with E-state index >= 15 is 0 Å². The van der Waals surface area contributed by atoms with Gasteiger partial charge >= 0.3 is 5.97 Å². The first-order chi connectivity index (χ1) is 5.70. The van der Waals surface area contributed by atoms with Crippen molar-refractivity contribution in [2.75, 3.05) is 0 Å². The molecule has 0 fully saturated rings. The molecule has 0 aromatic heterocycles. The van der Waals surface area contributed by atoms with E-state index in [1.807, 2.05) is 30.3 Å². The number of nitrogens with two attached hydrogens (primary N) is 1. The summed E-state index contributed by atoms with van der Waals surface area (Å²) >= 11 is 0. The van der Waals surface area contributed by atoms with Gasteiger partial charge in [-0.2, -0.15) is 0 Å². The highest BCUT2D eigenvalue weighted by molar-refractivity contribution is 5.67. The Morgan fingerprint density at radius 3 is 2.38 bits per heavy atom. The minimum absolute atomic E-state index is 0. The second kappa shape index (κ2) is 5.32. The Kier molecular flexibility index (Phi) is 4.77. The molecule has 0 heterocycles. The first kappa shape index (κ1) is 11.6. The van der Waals surface area contributed by atoms with Crippen molar-refractivity contribution in [2.45, 2.75) is 19.9 Å². The minimum atomic E-state index is -0.869. The van der Waals surface area contributed by atoms with Crippen molar-refractivity contribution in [3.05, 3.63) is 35.9 Å². The minimum Gasteiger partial charge on any atom is -0.481 e. The van der Waals surface area contributed by atoms with E-state index in [0.717, 1.165) is 5.56 Å². The van der Waals surface area contributed by atoms with Gasteiger partial charge in [-0.05, 0) is 5.56 Å². The van der Waals surface area contributed by atoms with Crippen LogP contribution in [-0.2, 0) is 4.79 Å². The Labute approximate surface area is 78.2 Å². The fraction of sp³-hybridized carbons (Fsp3) is 0.300. The van der Waals surface area contributed by atoms with Crippen LogP contribution in [0.4, 0.5) is 0 Å². The third-order valence-corrected chi connectivity index (χ3v) is 1.62. The van der Waals surface area contributed by atoms with Gasteiger partial charge in [0, 0.05) is 6.04 Å². The molecule has 1 atom stereocenters. The summed E-state index contributed by atoms with van der Waals surface area (Å²) in [5.41, 5.74) is 6.48. The molecule has 0 saturated carbocycles. The standard InChI is InChI=1S/C9H11NO2.CH4/c10-8(6-9(11)12)7-4-2-1-3-5-7;/h1-5,8H,6,10H2,(H,11,12);1H4/t8-;/m1./s1. The maximum absolute atomic E-state index is 10.3. The Morgan fingerprint density at radius 2 is 1.92 bits per heavy atom. The molecule has 0 bridgehead atoms. The van der Waals surface area contributed by atoms with Crippen LogP contribution in [0.1, 0.15) is 25.5 Å². The van der Waals surface area contributed by atoms with Crippen molar-refractivity contribution in [3.63, 3.8) is 0 Å². The second-order valence-electron chi connectivity index (χ2n) is 2.62. The second-order valence-corrected chi connectivity index (χ2v) is 2.62. The molecule has 0 radical (unpaired) electrons. The van der Waals surface area contributed by atoms with E-state index in [0.29, 0.717) is 0 Å². The van der Waals surface area contributed by atoms with Gasteiger partial charge in [-0.1, -0.05) is 37.8 Å². The van der Waals surface area contributed by atoms with Gasteiger partial charge in [-0.15, -0.1) is 0 Å². The Morgan fingerprint density at radius 1 is 1.38 bits per heavy atom. The van der Waals surface area contributed by atoms with Gasteiger partial charge in [0.25, 0.3) is 0 Å². The molecule has 3 N–H and O–H groups in total. The smallest absolute Gasteiger partial charge is 0.305 e. The van der Waals surface area contributed by atoms with E-state index in [1.54, 1.807) is 0 Å². The van der Waals surface area contributed by atoms with Gasteiger partial charge < -0.3 is 10.8 Å². The van der Waals surface area contributed by atoms with Crippen LogP contribution >= 0.6 is 0 Å². The monoisotopic (exact) mass is 181 g/mol. The summed E-state index contributed by atoms with van der Waals surface area (Å²) in [6.07, 6.45) is -0.0238. The van der Waals surface area contributed by atoms with Crippen molar-refractivity contribution in [2.24, 2.45) is 5.73 Å². The number of hydrogen-bond donors (Lipinski definition) is 2. The van der Waals surface area contributed by atoms with Crippen LogP contribution in [0.5, 0.6) is 0 Å². The molecule has 0 amide bonds. The number of hydrogen-bond acceptors (Lipinski definition) is 2. The first-order valence-electron chi connectivity index (χ1n) is 3.72. The van der Waals surface area contributed by atoms with Crippen molar-refractivity contribution in [1.82, 2.24) is 0 Å². The predicted octanol–water partition coefficient (Wildman–Crippen LogP) is 1.80. The molecular weight excluding hydrogens is 166 g/mol. The number of benzene rings is 1. The lowest BCUT2D eigenvalue weighted by Gasteiger charge is -2.07. The van der Waals surface area contributed by atoms with Crippen molar-refractivity contribution in [3.8, 4) is 0 Å². The molecule has 3 heteroatoms. The summed E-state index contributed by atoms with van der Waals surface area (Å²) in [5, 5.41) is 8.47. The van der Waals surface area contributed by atoms with Gasteiger partial charge in [0.15, 0.2) is 0 Å². The fourth-order valence-corrected chi connectivity index (χ4v) is 1.01. The highest BCUT2D eigenvalue weighted by Gasteiger charge is 2.08. The van der Waals surface area contributed by atoms with Gasteiger partial charge in [-0.25, -0.2) is 0 Å². The Balaban J connectivity index is 0.00000144. The maximum Gasteiger partial charge on any atom is 0.305 e. The quantitative estimate of drug-likeness (QED) is 0.747. The molecule has 1 aromatic rings. The highest BCUT2D eigenvalue weighted by atomic mass is 16.4. The van der Waals surface area contributed by atoms with E-state index in [-0.39, 0.29) is 13.8 Å². The van der Waals surface area contributed by atoms with Crippen LogP contribution in [0.25, 0.3) is 0 Å². The zero-order valence-corrected chi connectivity index (χ0v) is 6.60. The van der Waals surface area contributed by atoms with Gasteiger partial charge in [-0.3, -0.25) is 4.79 Å². The molecule has 0 aliphatic carbocycles. The molecule has 0 saturated heterocycles. The largest absolute Gasteiger partial charge is 0.481 e. The SMILES string of the molecule is C.N[C@H](CC(=O)O)c1ccccc1. The van der Waals surface area contributed by atoms with Crippen LogP contribution in [0, 0.1) is 0 Å². The fourth-order valence-electron chi connectivity index (χ4n) is 1.01. The summed E-state index contributed by atoms with van der Waals surface area (Å²) in [6, 6.07) is 8.82. The van der Waals surface area contributed by atoms with Crippen LogP contribution in [-0.4, -0.2) is 11.1 Å². The number of carbonyl (C=O) groups is 1. The lowest BCUT2D eigenvalue weighted by atomic mass is 10.1. The lowest BCUT2D eigenvalue weighted by Crippen LogP contribution is -2.14. The molecule has 0 unspecified atom stereocenters. The van der Waals surface area contributed by atoms with E-state index in [4.69, 9.17) is 10.8 Å². The van der Waals surface area contributed by atoms with E-state index in [9.17, 15) is 4.79 Å². The zero-order chi connectivity index (χ0) is 8.97. The molecule has 0 aliphatic heterocycles. The number of rotatable bonds is 3. The lowest BCUT2D eigenvalue weighted by molar-refractivity contribution is -0.137. The van der Waals surface area contributed by atoms with Crippen LogP contribution in [0.2, 0.25) is 0 Å². The zero-order valence-electron chi connectivity index (χ0n) is 6.60. The van der Waals surface area contributed by atoms with E-state index < -0.39 is 12.0 Å². The normalized spacial score (nSPS) is 11.5. The third-order valence-electron chi connectivity index (χ3n) is 1.62. The third kappa shape index (κ3) is 3.71. The summed E-state index contributed by atoms with van der Waals surface area (Å²) in [4.78, 5) is 10.3. The van der Waals surface area contributed by atoms with Crippen LogP contribution in [0.15, 0.2) is 30.3 Å². The van der Waals surface area contributed by atoms with Crippen molar-refractivity contribution >= 4 is 5.97 Å². The van der Waals surface area contributed by atoms with Gasteiger partial charge in [0.1, 0.15) is 0 Å². The highest BCUT2D eigenvalue weighted by Crippen LogP contribution is 2.12. The molecule has 72 valence electrons. The average molecular weight is 181 g/mol. The molecule has 1 aromatic carbocycles. The number of aliphatic carboxylic acids is 1. The summed E-state index contributed by atoms with van der Waals surface area (Å²) in [7, 11) is 0.